The number of phenolic OH excluding ortho intramolecular Hbond substituents is 1. The number of ether oxygens (including phenoxy) is 2. The molecule has 0 radical (unpaired) electrons. The van der Waals surface area contributed by atoms with Gasteiger partial charge in [0, 0.05) is 12.1 Å². The quantitative estimate of drug-likeness (QED) is 0.129. The van der Waals surface area contributed by atoms with E-state index in [4.69, 9.17) is 9.47 Å². The van der Waals surface area contributed by atoms with Crippen LogP contribution in [0.25, 0.3) is 0 Å². The molecule has 238 valence electrons. The maximum atomic E-state index is 12.4. The van der Waals surface area contributed by atoms with Crippen LogP contribution in [0.4, 0.5) is 24.5 Å². The number of nitrogens with zero attached hydrogens (tertiary/aromatic N) is 2. The highest BCUT2D eigenvalue weighted by Gasteiger charge is 2.49. The number of carbonyl (C=O) groups excluding carboxylic acids is 2. The number of aromatic hydroxyl groups is 1. The zero-order chi connectivity index (χ0) is 33.6. The zero-order valence-corrected chi connectivity index (χ0v) is 24.6. The van der Waals surface area contributed by atoms with E-state index in [0.29, 0.717) is 11.6 Å². The van der Waals surface area contributed by atoms with Crippen molar-refractivity contribution in [3.8, 4) is 11.5 Å². The van der Waals surface area contributed by atoms with Crippen molar-refractivity contribution >= 4 is 33.4 Å². The fourth-order valence-corrected chi connectivity index (χ4v) is 3.04. The lowest BCUT2D eigenvalue weighted by Gasteiger charge is -2.16. The molecule has 18 heteroatoms. The number of nitro benzene ring substituents is 2. The lowest BCUT2D eigenvalue weighted by molar-refractivity contribution is -0.385. The lowest BCUT2D eigenvalue weighted by atomic mass is 9.97. The van der Waals surface area contributed by atoms with Gasteiger partial charge >= 0.3 is 38.9 Å². The standard InChI is InChI=1S/C13H14F3NO7S.C12H15NO5/c1-12(2,3)11(18)23-7-8-4-5-9(17(19)20)10(6-8)24-25(21,22)13(14,15)16;1-12(2,3)11(15)18-7-8-4-5-9(13(16)17)10(14)6-8/h4-6H,7H2,1-3H3;4-6,14H,7H2,1-3H3. The number of rotatable bonds is 8. The Hall–Kier alpha value is -4.48. The first-order valence-corrected chi connectivity index (χ1v) is 13.4. The third kappa shape index (κ3) is 11.0. The number of benzene rings is 2. The SMILES string of the molecule is CC(C)(C)C(=O)OCc1ccc([N+](=O)[O-])c(O)c1.CC(C)(C)C(=O)OCc1ccc([N+](=O)[O-])c(OS(=O)(=O)C(F)(F)F)c1. The van der Waals surface area contributed by atoms with Crippen molar-refractivity contribution in [1.29, 1.82) is 0 Å². The Labute approximate surface area is 243 Å². The maximum Gasteiger partial charge on any atom is 0.534 e. The van der Waals surface area contributed by atoms with Crippen LogP contribution in [0.15, 0.2) is 36.4 Å². The number of esters is 2. The van der Waals surface area contributed by atoms with Crippen LogP contribution < -0.4 is 4.18 Å². The number of hydrogen-bond donors (Lipinski definition) is 1. The van der Waals surface area contributed by atoms with E-state index in [-0.39, 0.29) is 23.8 Å². The lowest BCUT2D eigenvalue weighted by Crippen LogP contribution is -2.28. The van der Waals surface area contributed by atoms with Gasteiger partial charge in [-0.05, 0) is 76.9 Å². The molecule has 0 aliphatic carbocycles. The van der Waals surface area contributed by atoms with Gasteiger partial charge in [-0.2, -0.15) is 21.6 Å². The van der Waals surface area contributed by atoms with Gasteiger partial charge in [0.2, 0.25) is 5.75 Å². The molecular weight excluding hydrogens is 609 g/mol. The smallest absolute Gasteiger partial charge is 0.502 e. The Morgan fingerprint density at radius 3 is 1.53 bits per heavy atom. The molecule has 43 heavy (non-hydrogen) atoms. The van der Waals surface area contributed by atoms with E-state index in [1.165, 1.54) is 18.2 Å². The molecule has 0 unspecified atom stereocenters. The van der Waals surface area contributed by atoms with E-state index in [1.807, 2.05) is 0 Å². The van der Waals surface area contributed by atoms with E-state index >= 15 is 0 Å². The number of hydrogen-bond acceptors (Lipinski definition) is 12. The molecule has 0 aliphatic rings. The molecular formula is C25H29F3N2O12S. The van der Waals surface area contributed by atoms with Gasteiger partial charge in [-0.25, -0.2) is 0 Å². The van der Waals surface area contributed by atoms with Crippen LogP contribution in [-0.4, -0.2) is 40.8 Å². The number of alkyl halides is 3. The normalized spacial score (nSPS) is 11.9. The highest BCUT2D eigenvalue weighted by atomic mass is 32.2. The van der Waals surface area contributed by atoms with Gasteiger partial charge in [-0.3, -0.25) is 29.8 Å². The molecule has 2 aromatic carbocycles. The van der Waals surface area contributed by atoms with Gasteiger partial charge in [-0.1, -0.05) is 0 Å². The minimum Gasteiger partial charge on any atom is -0.502 e. The summed E-state index contributed by atoms with van der Waals surface area (Å²) in [5.74, 6) is -2.58. The fourth-order valence-electron chi connectivity index (χ4n) is 2.58. The molecule has 0 amide bonds. The third-order valence-electron chi connectivity index (χ3n) is 4.91. The molecule has 0 bridgehead atoms. The van der Waals surface area contributed by atoms with E-state index in [1.54, 1.807) is 41.5 Å². The van der Waals surface area contributed by atoms with Crippen LogP contribution in [0.2, 0.25) is 0 Å². The first-order valence-electron chi connectivity index (χ1n) is 12.0. The van der Waals surface area contributed by atoms with E-state index in [9.17, 15) is 56.5 Å². The van der Waals surface area contributed by atoms with Gasteiger partial charge in [0.05, 0.1) is 20.7 Å². The molecule has 2 rings (SSSR count). The van der Waals surface area contributed by atoms with Crippen molar-refractivity contribution in [1.82, 2.24) is 0 Å². The summed E-state index contributed by atoms with van der Waals surface area (Å²) < 4.78 is 73.0. The van der Waals surface area contributed by atoms with Crippen molar-refractivity contribution in [3.63, 3.8) is 0 Å². The van der Waals surface area contributed by atoms with Crippen molar-refractivity contribution < 1.29 is 59.8 Å². The zero-order valence-electron chi connectivity index (χ0n) is 23.8. The Kier molecular flexibility index (Phi) is 11.6. The molecule has 1 N–H and O–H groups in total. The Balaban J connectivity index is 0.000000453. The fraction of sp³-hybridized carbons (Fsp3) is 0.440. The van der Waals surface area contributed by atoms with E-state index in [0.717, 1.165) is 12.1 Å². The minimum absolute atomic E-state index is 0.00979. The van der Waals surface area contributed by atoms with Crippen LogP contribution in [0, 0.1) is 31.1 Å². The van der Waals surface area contributed by atoms with E-state index < -0.39 is 66.1 Å². The number of halogens is 3. The molecule has 2 aromatic rings. The molecule has 0 fully saturated rings. The van der Waals surface area contributed by atoms with Crippen molar-refractivity contribution in [2.24, 2.45) is 10.8 Å². The predicted octanol–water partition coefficient (Wildman–Crippen LogP) is 5.30. The summed E-state index contributed by atoms with van der Waals surface area (Å²) in [6, 6.07) is 6.37. The summed E-state index contributed by atoms with van der Waals surface area (Å²) in [7, 11) is -6.09. The topological polar surface area (TPSA) is 202 Å². The summed E-state index contributed by atoms with van der Waals surface area (Å²) in [4.78, 5) is 42.7. The van der Waals surface area contributed by atoms with Crippen molar-refractivity contribution in [2.45, 2.75) is 60.3 Å². The van der Waals surface area contributed by atoms with Gasteiger partial charge in [0.15, 0.2) is 5.75 Å². The van der Waals surface area contributed by atoms with Crippen LogP contribution >= 0.6 is 0 Å². The monoisotopic (exact) mass is 638 g/mol. The summed E-state index contributed by atoms with van der Waals surface area (Å²) in [5, 5.41) is 30.7. The first kappa shape index (κ1) is 36.5. The number of phenols is 1. The maximum absolute atomic E-state index is 12.4. The Bertz CT molecular complexity index is 1480. The second-order valence-corrected chi connectivity index (χ2v) is 12.3. The Morgan fingerprint density at radius 2 is 1.19 bits per heavy atom. The van der Waals surface area contributed by atoms with Gasteiger partial charge < -0.3 is 18.8 Å². The first-order chi connectivity index (χ1) is 19.4. The molecule has 0 saturated heterocycles. The second-order valence-electron chi connectivity index (χ2n) is 10.8. The summed E-state index contributed by atoms with van der Waals surface area (Å²) >= 11 is 0. The second kappa shape index (κ2) is 13.7. The number of nitro groups is 2. The largest absolute Gasteiger partial charge is 0.534 e. The summed E-state index contributed by atoms with van der Waals surface area (Å²) in [5.41, 5.74) is -8.07. The van der Waals surface area contributed by atoms with E-state index in [2.05, 4.69) is 4.18 Å². The average molecular weight is 639 g/mol. The molecule has 0 atom stereocenters. The predicted molar refractivity (Wildman–Crippen MR) is 142 cm³/mol. The third-order valence-corrected chi connectivity index (χ3v) is 5.87. The highest BCUT2D eigenvalue weighted by Crippen LogP contribution is 2.34. The molecule has 0 aliphatic heterocycles. The molecule has 14 nitrogen and oxygen atoms in total. The van der Waals surface area contributed by atoms with Gasteiger partial charge in [-0.15, -0.1) is 0 Å². The van der Waals surface area contributed by atoms with Crippen molar-refractivity contribution in [3.05, 3.63) is 67.8 Å². The molecule has 0 spiro atoms. The molecule has 0 heterocycles. The highest BCUT2D eigenvalue weighted by molar-refractivity contribution is 7.88. The Morgan fingerprint density at radius 1 is 0.791 bits per heavy atom. The van der Waals surface area contributed by atoms with Crippen LogP contribution in [0.1, 0.15) is 52.7 Å². The van der Waals surface area contributed by atoms with Crippen LogP contribution in [0.5, 0.6) is 11.5 Å². The molecule has 0 saturated carbocycles. The summed E-state index contributed by atoms with van der Waals surface area (Å²) in [6.45, 7) is 9.41. The van der Waals surface area contributed by atoms with Gasteiger partial charge in [0.25, 0.3) is 0 Å². The molecule has 0 aromatic heterocycles. The minimum atomic E-state index is -6.09. The number of carbonyl (C=O) groups is 2. The van der Waals surface area contributed by atoms with Gasteiger partial charge in [0.1, 0.15) is 13.2 Å². The van der Waals surface area contributed by atoms with Crippen LogP contribution in [0.3, 0.4) is 0 Å². The van der Waals surface area contributed by atoms with Crippen LogP contribution in [-0.2, 0) is 42.4 Å². The average Bonchev–Trinajstić information content (AvgIpc) is 2.83. The summed E-state index contributed by atoms with van der Waals surface area (Å²) in [6.07, 6.45) is 0. The van der Waals surface area contributed by atoms with Crippen molar-refractivity contribution in [2.75, 3.05) is 0 Å².